The van der Waals surface area contributed by atoms with Gasteiger partial charge in [0.15, 0.2) is 0 Å². The van der Waals surface area contributed by atoms with Crippen molar-refractivity contribution in [2.24, 2.45) is 5.73 Å². The van der Waals surface area contributed by atoms with Gasteiger partial charge in [-0.15, -0.1) is 0 Å². The van der Waals surface area contributed by atoms with Crippen LogP contribution in [0.2, 0.25) is 0 Å². The van der Waals surface area contributed by atoms with Gasteiger partial charge in [0.25, 0.3) is 5.91 Å². The van der Waals surface area contributed by atoms with E-state index in [0.29, 0.717) is 18.5 Å². The first-order chi connectivity index (χ1) is 24.8. The summed E-state index contributed by atoms with van der Waals surface area (Å²) in [5, 5.41) is 19.7. The Hall–Kier alpha value is -6.39. The smallest absolute Gasteiger partial charge is 0.326 e. The molecule has 2 aromatic heterocycles. The molecule has 2 atom stereocenters. The maximum absolute atomic E-state index is 13.5. The fraction of sp³-hybridized carbons (Fsp3) is 0.146. The highest BCUT2D eigenvalue weighted by Gasteiger charge is 2.24. The van der Waals surface area contributed by atoms with Crippen LogP contribution >= 0.6 is 0 Å². The van der Waals surface area contributed by atoms with Crippen LogP contribution in [0.15, 0.2) is 122 Å². The van der Waals surface area contributed by atoms with E-state index in [0.717, 1.165) is 49.3 Å². The van der Waals surface area contributed by atoms with Gasteiger partial charge in [0.2, 0.25) is 5.91 Å². The second-order valence-corrected chi connectivity index (χ2v) is 12.6. The fourth-order valence-electron chi connectivity index (χ4n) is 6.40. The number of rotatable bonds is 13. The van der Waals surface area contributed by atoms with Crippen LogP contribution in [0.4, 0.5) is 5.69 Å². The molecule has 10 nitrogen and oxygen atoms in total. The maximum atomic E-state index is 13.5. The Kier molecular flexibility index (Phi) is 9.49. The summed E-state index contributed by atoms with van der Waals surface area (Å²) >= 11 is 0. The van der Waals surface area contributed by atoms with Crippen molar-refractivity contribution < 1.29 is 24.2 Å². The van der Waals surface area contributed by atoms with Gasteiger partial charge in [-0.25, -0.2) is 4.79 Å². The standard InChI is InChI=1S/C41H37N5O5/c42-33(20-25-13-14-26-7-1-2-8-27(26)19-25)40(48)45-36-16-15-28(22-38(36)51-18-17-29-23-43-34-11-5-3-9-31(29)34)39(47)46-37(41(49)50)21-30-24-44-35-12-6-4-10-32(30)35/h1-16,19,22-24,33,37,43-44H,17-18,20-21,42H2,(H,45,48)(H,46,47)(H,49,50)/t33-,37-/m0/s1. The quantitative estimate of drug-likeness (QED) is 0.0831. The van der Waals surface area contributed by atoms with E-state index in [1.807, 2.05) is 97.2 Å². The number of para-hydroxylation sites is 2. The number of hydrogen-bond acceptors (Lipinski definition) is 5. The first-order valence-corrected chi connectivity index (χ1v) is 16.8. The van der Waals surface area contributed by atoms with Gasteiger partial charge < -0.3 is 36.2 Å². The number of carboxylic acids is 1. The van der Waals surface area contributed by atoms with E-state index < -0.39 is 29.9 Å². The number of carbonyl (C=O) groups excluding carboxylic acids is 2. The van der Waals surface area contributed by atoms with Crippen molar-refractivity contribution in [3.8, 4) is 5.75 Å². The zero-order chi connectivity index (χ0) is 35.3. The van der Waals surface area contributed by atoms with Crippen molar-refractivity contribution in [2.45, 2.75) is 31.3 Å². The Morgan fingerprint density at radius 2 is 1.41 bits per heavy atom. The Labute approximate surface area is 293 Å². The number of nitrogens with two attached hydrogens (primary N) is 1. The Morgan fingerprint density at radius 1 is 0.745 bits per heavy atom. The zero-order valence-corrected chi connectivity index (χ0v) is 27.7. The van der Waals surface area contributed by atoms with Gasteiger partial charge in [0.05, 0.1) is 18.3 Å². The molecule has 0 spiro atoms. The molecule has 7 rings (SSSR count). The number of anilines is 1. The molecule has 2 heterocycles. The van der Waals surface area contributed by atoms with E-state index in [1.54, 1.807) is 12.3 Å². The second-order valence-electron chi connectivity index (χ2n) is 12.6. The van der Waals surface area contributed by atoms with Crippen LogP contribution in [0.3, 0.4) is 0 Å². The number of hydrogen-bond donors (Lipinski definition) is 6. The first kappa shape index (κ1) is 33.1. The lowest BCUT2D eigenvalue weighted by molar-refractivity contribution is -0.139. The predicted octanol–water partition coefficient (Wildman–Crippen LogP) is 6.36. The van der Waals surface area contributed by atoms with Crippen LogP contribution in [0.1, 0.15) is 27.0 Å². The number of benzene rings is 5. The molecule has 7 aromatic rings. The number of ether oxygens (including phenoxy) is 1. The molecule has 0 saturated carbocycles. The Morgan fingerprint density at radius 3 is 2.16 bits per heavy atom. The minimum atomic E-state index is -1.18. The molecule has 51 heavy (non-hydrogen) atoms. The first-order valence-electron chi connectivity index (χ1n) is 16.8. The van der Waals surface area contributed by atoms with E-state index in [-0.39, 0.29) is 24.3 Å². The second kappa shape index (κ2) is 14.6. The molecule has 2 amide bonds. The van der Waals surface area contributed by atoms with Crippen molar-refractivity contribution in [2.75, 3.05) is 11.9 Å². The molecule has 5 aromatic carbocycles. The number of H-pyrrole nitrogens is 2. The van der Waals surface area contributed by atoms with E-state index >= 15 is 0 Å². The number of carboxylic acid groups (broad SMARTS) is 1. The predicted molar refractivity (Wildman–Crippen MR) is 199 cm³/mol. The molecule has 0 unspecified atom stereocenters. The van der Waals surface area contributed by atoms with Gasteiger partial charge in [-0.3, -0.25) is 9.59 Å². The highest BCUT2D eigenvalue weighted by Crippen LogP contribution is 2.28. The van der Waals surface area contributed by atoms with Crippen LogP contribution in [-0.4, -0.2) is 51.5 Å². The highest BCUT2D eigenvalue weighted by molar-refractivity contribution is 6.00. The topological polar surface area (TPSA) is 162 Å². The molecule has 0 aliphatic carbocycles. The third-order valence-electron chi connectivity index (χ3n) is 9.11. The summed E-state index contributed by atoms with van der Waals surface area (Å²) in [7, 11) is 0. The lowest BCUT2D eigenvalue weighted by Crippen LogP contribution is -2.42. The SMILES string of the molecule is N[C@@H](Cc1ccc2ccccc2c1)C(=O)Nc1ccc(C(=O)N[C@@H](Cc2c[nH]c3ccccc23)C(=O)O)cc1OCCc1c[nH]c2ccccc12. The van der Waals surface area contributed by atoms with Crippen molar-refractivity contribution in [3.63, 3.8) is 0 Å². The lowest BCUT2D eigenvalue weighted by Gasteiger charge is -2.18. The molecule has 7 N–H and O–H groups in total. The third-order valence-corrected chi connectivity index (χ3v) is 9.11. The van der Waals surface area contributed by atoms with Gasteiger partial charge in [-0.2, -0.15) is 0 Å². The molecule has 0 aliphatic heterocycles. The highest BCUT2D eigenvalue weighted by atomic mass is 16.5. The van der Waals surface area contributed by atoms with E-state index in [9.17, 15) is 19.5 Å². The van der Waals surface area contributed by atoms with Crippen molar-refractivity contribution in [3.05, 3.63) is 144 Å². The summed E-state index contributed by atoms with van der Waals surface area (Å²) in [6.07, 6.45) is 4.66. The van der Waals surface area contributed by atoms with Gasteiger partial charge >= 0.3 is 5.97 Å². The lowest BCUT2D eigenvalue weighted by atomic mass is 10.0. The van der Waals surface area contributed by atoms with Gasteiger partial charge in [-0.1, -0.05) is 78.9 Å². The minimum absolute atomic E-state index is 0.0856. The number of nitrogens with one attached hydrogen (secondary N) is 4. The Balaban J connectivity index is 1.09. The number of amides is 2. The van der Waals surface area contributed by atoms with Gasteiger partial charge in [0.1, 0.15) is 11.8 Å². The Bertz CT molecular complexity index is 2380. The van der Waals surface area contributed by atoms with Crippen LogP contribution in [0.5, 0.6) is 5.75 Å². The summed E-state index contributed by atoms with van der Waals surface area (Å²) in [6, 6.07) is 32.1. The van der Waals surface area contributed by atoms with Crippen molar-refractivity contribution in [1.29, 1.82) is 0 Å². The van der Waals surface area contributed by atoms with Crippen molar-refractivity contribution >= 4 is 56.0 Å². The molecule has 0 radical (unpaired) electrons. The van der Waals surface area contributed by atoms with Crippen LogP contribution < -0.4 is 21.1 Å². The number of aromatic amines is 2. The normalized spacial score (nSPS) is 12.5. The van der Waals surface area contributed by atoms with E-state index in [4.69, 9.17) is 10.5 Å². The average Bonchev–Trinajstić information content (AvgIpc) is 3.75. The molecule has 256 valence electrons. The number of fused-ring (bicyclic) bond motifs is 3. The van der Waals surface area contributed by atoms with Gasteiger partial charge in [0, 0.05) is 52.6 Å². The molecular formula is C41H37N5O5. The van der Waals surface area contributed by atoms with Crippen LogP contribution in [0, 0.1) is 0 Å². The molecular weight excluding hydrogens is 642 g/mol. The summed E-state index contributed by atoms with van der Waals surface area (Å²) < 4.78 is 6.21. The molecule has 10 heteroatoms. The summed E-state index contributed by atoms with van der Waals surface area (Å²) in [5.74, 6) is -1.90. The zero-order valence-electron chi connectivity index (χ0n) is 27.7. The number of aromatic nitrogens is 2. The molecule has 0 bridgehead atoms. The maximum Gasteiger partial charge on any atom is 0.326 e. The van der Waals surface area contributed by atoms with Crippen LogP contribution in [-0.2, 0) is 28.9 Å². The number of carbonyl (C=O) groups is 3. The fourth-order valence-corrected chi connectivity index (χ4v) is 6.40. The van der Waals surface area contributed by atoms with Gasteiger partial charge in [-0.05, 0) is 64.2 Å². The van der Waals surface area contributed by atoms with E-state index in [1.165, 1.54) is 12.1 Å². The molecule has 0 saturated heterocycles. The number of aliphatic carboxylic acids is 1. The minimum Gasteiger partial charge on any atom is -0.491 e. The average molecular weight is 680 g/mol. The third kappa shape index (κ3) is 7.46. The molecule has 0 aliphatic rings. The summed E-state index contributed by atoms with van der Waals surface area (Å²) in [6.45, 7) is 0.247. The summed E-state index contributed by atoms with van der Waals surface area (Å²) in [5.41, 5.74) is 11.6. The molecule has 0 fully saturated rings. The van der Waals surface area contributed by atoms with E-state index in [2.05, 4.69) is 20.6 Å². The summed E-state index contributed by atoms with van der Waals surface area (Å²) in [4.78, 5) is 45.6. The largest absolute Gasteiger partial charge is 0.491 e. The monoisotopic (exact) mass is 679 g/mol. The van der Waals surface area contributed by atoms with Crippen molar-refractivity contribution in [1.82, 2.24) is 15.3 Å². The van der Waals surface area contributed by atoms with Crippen LogP contribution in [0.25, 0.3) is 32.6 Å².